The largest absolute Gasteiger partial charge is 0.378 e. The summed E-state index contributed by atoms with van der Waals surface area (Å²) in [6, 6.07) is 7.63. The molecule has 1 aromatic heterocycles. The third-order valence-electron chi connectivity index (χ3n) is 5.97. The Labute approximate surface area is 176 Å². The maximum Gasteiger partial charge on any atom is 0.253 e. The van der Waals surface area contributed by atoms with Crippen LogP contribution in [0.1, 0.15) is 41.6 Å². The normalized spacial score (nSPS) is 17.9. The van der Waals surface area contributed by atoms with E-state index < -0.39 is 0 Å². The SMILES string of the molecule is O=C(CCC1CCN(C(=O)c2ccc(Cn3cnnn3)cc2)CC1)N1CCOCC1. The molecule has 0 spiro atoms. The lowest BCUT2D eigenvalue weighted by Gasteiger charge is -2.33. The summed E-state index contributed by atoms with van der Waals surface area (Å²) >= 11 is 0. The summed E-state index contributed by atoms with van der Waals surface area (Å²) in [5, 5.41) is 11.1. The Balaban J connectivity index is 1.21. The molecule has 30 heavy (non-hydrogen) atoms. The van der Waals surface area contributed by atoms with Gasteiger partial charge < -0.3 is 14.5 Å². The summed E-state index contributed by atoms with van der Waals surface area (Å²) in [6.45, 7) is 4.79. The third kappa shape index (κ3) is 5.21. The zero-order valence-electron chi connectivity index (χ0n) is 17.2. The molecule has 2 fully saturated rings. The predicted octanol–water partition coefficient (Wildman–Crippen LogP) is 1.21. The second kappa shape index (κ2) is 9.80. The second-order valence-electron chi connectivity index (χ2n) is 7.97. The van der Waals surface area contributed by atoms with Crippen molar-refractivity contribution in [3.63, 3.8) is 0 Å². The van der Waals surface area contributed by atoms with E-state index in [-0.39, 0.29) is 11.8 Å². The fourth-order valence-corrected chi connectivity index (χ4v) is 4.10. The maximum absolute atomic E-state index is 12.8. The molecule has 0 unspecified atom stereocenters. The Morgan fingerprint density at radius 3 is 2.40 bits per heavy atom. The van der Waals surface area contributed by atoms with Crippen molar-refractivity contribution < 1.29 is 14.3 Å². The minimum absolute atomic E-state index is 0.0758. The van der Waals surface area contributed by atoms with Crippen LogP contribution >= 0.6 is 0 Å². The number of benzene rings is 1. The molecule has 0 aliphatic carbocycles. The first-order valence-electron chi connectivity index (χ1n) is 10.6. The number of nitrogens with zero attached hydrogens (tertiary/aromatic N) is 6. The van der Waals surface area contributed by atoms with Gasteiger partial charge in [-0.05, 0) is 53.3 Å². The van der Waals surface area contributed by atoms with E-state index in [1.807, 2.05) is 34.1 Å². The van der Waals surface area contributed by atoms with Gasteiger partial charge in [0.05, 0.1) is 19.8 Å². The minimum atomic E-state index is 0.0758. The van der Waals surface area contributed by atoms with Crippen LogP contribution in [0.5, 0.6) is 0 Å². The number of aromatic nitrogens is 4. The van der Waals surface area contributed by atoms with Crippen LogP contribution in [0.25, 0.3) is 0 Å². The number of tetrazole rings is 1. The Morgan fingerprint density at radius 2 is 1.73 bits per heavy atom. The standard InChI is InChI=1S/C21H28N6O3/c28-20(25-11-13-30-14-12-25)6-3-17-7-9-26(10-8-17)21(29)19-4-1-18(2-5-19)15-27-16-22-23-24-27/h1-2,4-5,16-17H,3,6-15H2. The van der Waals surface area contributed by atoms with Gasteiger partial charge in [-0.1, -0.05) is 12.1 Å². The maximum atomic E-state index is 12.8. The van der Waals surface area contributed by atoms with E-state index in [1.54, 1.807) is 11.0 Å². The highest BCUT2D eigenvalue weighted by Crippen LogP contribution is 2.24. The molecule has 3 heterocycles. The summed E-state index contributed by atoms with van der Waals surface area (Å²) in [5.74, 6) is 0.822. The first-order chi connectivity index (χ1) is 14.7. The molecule has 2 aromatic rings. The Kier molecular flexibility index (Phi) is 6.68. The smallest absolute Gasteiger partial charge is 0.253 e. The second-order valence-corrected chi connectivity index (χ2v) is 7.97. The topological polar surface area (TPSA) is 93.5 Å². The molecular weight excluding hydrogens is 384 g/mol. The molecule has 0 N–H and O–H groups in total. The molecule has 9 nitrogen and oxygen atoms in total. The van der Waals surface area contributed by atoms with Crippen molar-refractivity contribution in [1.82, 2.24) is 30.0 Å². The van der Waals surface area contributed by atoms with Gasteiger partial charge >= 0.3 is 0 Å². The first kappa shape index (κ1) is 20.5. The zero-order chi connectivity index (χ0) is 20.8. The molecule has 2 saturated heterocycles. The van der Waals surface area contributed by atoms with Gasteiger partial charge in [0.25, 0.3) is 5.91 Å². The summed E-state index contributed by atoms with van der Waals surface area (Å²) < 4.78 is 6.95. The lowest BCUT2D eigenvalue weighted by atomic mass is 9.91. The van der Waals surface area contributed by atoms with Crippen LogP contribution in [0, 0.1) is 5.92 Å². The molecule has 160 valence electrons. The molecule has 2 amide bonds. The number of rotatable bonds is 6. The van der Waals surface area contributed by atoms with Gasteiger partial charge in [-0.15, -0.1) is 5.10 Å². The highest BCUT2D eigenvalue weighted by atomic mass is 16.5. The Hall–Kier alpha value is -2.81. The average Bonchev–Trinajstić information content (AvgIpc) is 3.31. The molecule has 0 radical (unpaired) electrons. The van der Waals surface area contributed by atoms with Crippen molar-refractivity contribution in [2.24, 2.45) is 5.92 Å². The Morgan fingerprint density at radius 1 is 1.00 bits per heavy atom. The first-order valence-corrected chi connectivity index (χ1v) is 10.6. The van der Waals surface area contributed by atoms with Gasteiger partial charge in [-0.3, -0.25) is 9.59 Å². The summed E-state index contributed by atoms with van der Waals surface area (Å²) in [6.07, 6.45) is 4.99. The van der Waals surface area contributed by atoms with Crippen LogP contribution in [0.15, 0.2) is 30.6 Å². The van der Waals surface area contributed by atoms with E-state index in [9.17, 15) is 9.59 Å². The Bertz CT molecular complexity index is 825. The van der Waals surface area contributed by atoms with Crippen LogP contribution in [0.3, 0.4) is 0 Å². The van der Waals surface area contributed by atoms with E-state index in [2.05, 4.69) is 15.5 Å². The lowest BCUT2D eigenvalue weighted by Crippen LogP contribution is -2.41. The van der Waals surface area contributed by atoms with Gasteiger partial charge in [0.1, 0.15) is 6.33 Å². The third-order valence-corrected chi connectivity index (χ3v) is 5.97. The molecule has 4 rings (SSSR count). The zero-order valence-corrected chi connectivity index (χ0v) is 17.2. The van der Waals surface area contributed by atoms with Crippen LogP contribution < -0.4 is 0 Å². The van der Waals surface area contributed by atoms with Crippen LogP contribution in [-0.4, -0.2) is 81.2 Å². The number of piperidine rings is 1. The van der Waals surface area contributed by atoms with E-state index >= 15 is 0 Å². The van der Waals surface area contributed by atoms with Gasteiger partial charge in [0, 0.05) is 38.2 Å². The molecule has 0 bridgehead atoms. The number of ether oxygens (including phenoxy) is 1. The van der Waals surface area contributed by atoms with Crippen molar-refractivity contribution in [3.05, 3.63) is 41.7 Å². The highest BCUT2D eigenvalue weighted by Gasteiger charge is 2.25. The number of carbonyl (C=O) groups is 2. The number of morpholine rings is 1. The lowest BCUT2D eigenvalue weighted by molar-refractivity contribution is -0.135. The number of likely N-dealkylation sites (tertiary alicyclic amines) is 1. The number of amides is 2. The molecule has 0 saturated carbocycles. The molecule has 2 aliphatic heterocycles. The molecule has 1 aromatic carbocycles. The van der Waals surface area contributed by atoms with Crippen LogP contribution in [-0.2, 0) is 16.1 Å². The van der Waals surface area contributed by atoms with Crippen LogP contribution in [0.4, 0.5) is 0 Å². The number of hydrogen-bond donors (Lipinski definition) is 0. The van der Waals surface area contributed by atoms with Gasteiger partial charge in [0.2, 0.25) is 5.91 Å². The highest BCUT2D eigenvalue weighted by molar-refractivity contribution is 5.94. The average molecular weight is 412 g/mol. The number of carbonyl (C=O) groups excluding carboxylic acids is 2. The van der Waals surface area contributed by atoms with Crippen molar-refractivity contribution in [3.8, 4) is 0 Å². The van der Waals surface area contributed by atoms with Gasteiger partial charge in [-0.25, -0.2) is 4.68 Å². The van der Waals surface area contributed by atoms with E-state index in [1.165, 1.54) is 0 Å². The van der Waals surface area contributed by atoms with Crippen molar-refractivity contribution in [2.45, 2.75) is 32.2 Å². The van der Waals surface area contributed by atoms with E-state index in [0.29, 0.717) is 50.8 Å². The summed E-state index contributed by atoms with van der Waals surface area (Å²) in [4.78, 5) is 29.0. The van der Waals surface area contributed by atoms with Crippen molar-refractivity contribution in [2.75, 3.05) is 39.4 Å². The molecule has 9 heteroatoms. The van der Waals surface area contributed by atoms with Gasteiger partial charge in [0.15, 0.2) is 0 Å². The predicted molar refractivity (Wildman–Crippen MR) is 109 cm³/mol. The summed E-state index contributed by atoms with van der Waals surface area (Å²) in [5.41, 5.74) is 1.75. The quantitative estimate of drug-likeness (QED) is 0.708. The van der Waals surface area contributed by atoms with Crippen molar-refractivity contribution >= 4 is 11.8 Å². The van der Waals surface area contributed by atoms with Crippen molar-refractivity contribution in [1.29, 1.82) is 0 Å². The van der Waals surface area contributed by atoms with Crippen LogP contribution in [0.2, 0.25) is 0 Å². The molecular formula is C21H28N6O3. The minimum Gasteiger partial charge on any atom is -0.378 e. The molecule has 0 atom stereocenters. The fraction of sp³-hybridized carbons (Fsp3) is 0.571. The van der Waals surface area contributed by atoms with E-state index in [4.69, 9.17) is 4.74 Å². The number of hydrogen-bond acceptors (Lipinski definition) is 6. The summed E-state index contributed by atoms with van der Waals surface area (Å²) in [7, 11) is 0. The fourth-order valence-electron chi connectivity index (χ4n) is 4.10. The monoisotopic (exact) mass is 412 g/mol. The van der Waals surface area contributed by atoms with E-state index in [0.717, 1.165) is 37.9 Å². The molecule has 2 aliphatic rings. The van der Waals surface area contributed by atoms with Gasteiger partial charge in [-0.2, -0.15) is 0 Å².